The first-order valence-electron chi connectivity index (χ1n) is 5.51. The van der Waals surface area contributed by atoms with Gasteiger partial charge in [0, 0.05) is 11.1 Å². The van der Waals surface area contributed by atoms with Crippen LogP contribution >= 0.6 is 0 Å². The van der Waals surface area contributed by atoms with E-state index >= 15 is 0 Å². The van der Waals surface area contributed by atoms with Gasteiger partial charge in [0.2, 0.25) is 0 Å². The first-order valence-corrected chi connectivity index (χ1v) is 5.51. The number of rotatable bonds is 1. The minimum absolute atomic E-state index is 0.0705. The minimum atomic E-state index is -0.813. The highest BCUT2D eigenvalue weighted by atomic mass is 16.4. The first kappa shape index (κ1) is 10.7. The van der Waals surface area contributed by atoms with Gasteiger partial charge >= 0.3 is 6.09 Å². The molecule has 86 valence electrons. The van der Waals surface area contributed by atoms with E-state index in [1.54, 1.807) is 4.90 Å². The van der Waals surface area contributed by atoms with E-state index < -0.39 is 6.09 Å². The molecule has 1 amide bonds. The largest absolute Gasteiger partial charge is 0.465 e. The van der Waals surface area contributed by atoms with Crippen molar-refractivity contribution in [3.05, 3.63) is 0 Å². The van der Waals surface area contributed by atoms with Crippen molar-refractivity contribution in [3.8, 4) is 0 Å². The summed E-state index contributed by atoms with van der Waals surface area (Å²) in [5.74, 6) is 0. The number of hydrogen-bond acceptors (Lipinski definition) is 2. The van der Waals surface area contributed by atoms with Gasteiger partial charge in [-0.2, -0.15) is 0 Å². The van der Waals surface area contributed by atoms with Crippen LogP contribution in [0.15, 0.2) is 0 Å². The van der Waals surface area contributed by atoms with E-state index in [0.717, 1.165) is 25.7 Å². The molecule has 0 aliphatic heterocycles. The van der Waals surface area contributed by atoms with Crippen molar-refractivity contribution in [3.63, 3.8) is 0 Å². The fraction of sp³-hybridized carbons (Fsp3) is 0.909. The minimum Gasteiger partial charge on any atom is -0.465 e. The van der Waals surface area contributed by atoms with E-state index in [1.165, 1.54) is 0 Å². The van der Waals surface area contributed by atoms with Gasteiger partial charge in [-0.1, -0.05) is 0 Å². The predicted molar refractivity (Wildman–Crippen MR) is 57.7 cm³/mol. The molecule has 0 heterocycles. The van der Waals surface area contributed by atoms with Gasteiger partial charge in [0.1, 0.15) is 0 Å². The van der Waals surface area contributed by atoms with E-state index in [-0.39, 0.29) is 16.6 Å². The Labute approximate surface area is 90.4 Å². The van der Waals surface area contributed by atoms with Crippen LogP contribution in [0, 0.1) is 0 Å². The third-order valence-corrected chi connectivity index (χ3v) is 3.79. The standard InChI is InChI=1S/C11H20N2O2/c1-9(2,3)13(8(14)15)11-5-4-10(12,6-11)7-11/h4-7,12H2,1-3H3,(H,14,15). The van der Waals surface area contributed by atoms with Gasteiger partial charge in [0.25, 0.3) is 0 Å². The number of nitrogens with two attached hydrogens (primary N) is 1. The Hall–Kier alpha value is -0.770. The molecule has 0 atom stereocenters. The van der Waals surface area contributed by atoms with E-state index in [9.17, 15) is 9.90 Å². The predicted octanol–water partition coefficient (Wildman–Crippen LogP) is 1.79. The van der Waals surface area contributed by atoms with Crippen molar-refractivity contribution < 1.29 is 9.90 Å². The average molecular weight is 212 g/mol. The monoisotopic (exact) mass is 212 g/mol. The number of nitrogens with zero attached hydrogens (tertiary/aromatic N) is 1. The molecule has 4 heteroatoms. The molecular weight excluding hydrogens is 192 g/mol. The molecule has 4 nitrogen and oxygen atoms in total. The molecule has 3 aliphatic rings. The molecule has 3 rings (SSSR count). The molecule has 0 aromatic carbocycles. The lowest BCUT2D eigenvalue weighted by molar-refractivity contribution is -0.0278. The topological polar surface area (TPSA) is 66.6 Å². The van der Waals surface area contributed by atoms with Gasteiger partial charge in [0.15, 0.2) is 0 Å². The highest BCUT2D eigenvalue weighted by Gasteiger charge is 2.64. The van der Waals surface area contributed by atoms with Crippen LogP contribution in [-0.4, -0.2) is 32.7 Å². The highest BCUT2D eigenvalue weighted by Crippen LogP contribution is 2.58. The van der Waals surface area contributed by atoms with Gasteiger partial charge in [-0.05, 0) is 46.5 Å². The van der Waals surface area contributed by atoms with Crippen LogP contribution in [-0.2, 0) is 0 Å². The Kier molecular flexibility index (Phi) is 1.91. The summed E-state index contributed by atoms with van der Waals surface area (Å²) in [5, 5.41) is 9.33. The molecule has 15 heavy (non-hydrogen) atoms. The third-order valence-electron chi connectivity index (χ3n) is 3.79. The molecule has 2 bridgehead atoms. The zero-order valence-electron chi connectivity index (χ0n) is 9.71. The van der Waals surface area contributed by atoms with Gasteiger partial charge in [-0.15, -0.1) is 0 Å². The molecular formula is C11H20N2O2. The zero-order valence-corrected chi connectivity index (χ0v) is 9.71. The Morgan fingerprint density at radius 3 is 2.13 bits per heavy atom. The fourth-order valence-electron chi connectivity index (χ4n) is 3.57. The number of fused-ring (bicyclic) bond motifs is 1. The summed E-state index contributed by atoms with van der Waals surface area (Å²) in [7, 11) is 0. The van der Waals surface area contributed by atoms with E-state index in [1.807, 2.05) is 20.8 Å². The lowest BCUT2D eigenvalue weighted by Crippen LogP contribution is -2.67. The second-order valence-corrected chi connectivity index (χ2v) is 6.23. The van der Waals surface area contributed by atoms with Crippen molar-refractivity contribution in [2.24, 2.45) is 5.73 Å². The molecule has 3 N–H and O–H groups in total. The third kappa shape index (κ3) is 1.42. The molecule has 3 saturated carbocycles. The smallest absolute Gasteiger partial charge is 0.408 e. The SMILES string of the molecule is CC(C)(C)N(C(=O)O)C12CCC(N)(C1)C2. The maximum absolute atomic E-state index is 11.4. The van der Waals surface area contributed by atoms with E-state index in [2.05, 4.69) is 0 Å². The number of amides is 1. The second kappa shape index (κ2) is 2.67. The summed E-state index contributed by atoms with van der Waals surface area (Å²) in [4.78, 5) is 13.0. The quantitative estimate of drug-likeness (QED) is 0.696. The maximum atomic E-state index is 11.4. The summed E-state index contributed by atoms with van der Waals surface area (Å²) < 4.78 is 0. The van der Waals surface area contributed by atoms with Crippen molar-refractivity contribution in [1.29, 1.82) is 0 Å². The molecule has 0 spiro atoms. The molecule has 0 aromatic rings. The van der Waals surface area contributed by atoms with Gasteiger partial charge in [0.05, 0.1) is 5.54 Å². The molecule has 0 saturated heterocycles. The second-order valence-electron chi connectivity index (χ2n) is 6.23. The molecule has 0 radical (unpaired) electrons. The van der Waals surface area contributed by atoms with Crippen LogP contribution in [0.5, 0.6) is 0 Å². The summed E-state index contributed by atoms with van der Waals surface area (Å²) in [6.45, 7) is 5.85. The van der Waals surface area contributed by atoms with Gasteiger partial charge in [-0.25, -0.2) is 4.79 Å². The lowest BCUT2D eigenvalue weighted by atomic mass is 9.69. The Morgan fingerprint density at radius 1 is 1.33 bits per heavy atom. The normalized spacial score (nSPS) is 38.7. The summed E-state index contributed by atoms with van der Waals surface area (Å²) in [5.41, 5.74) is 5.52. The van der Waals surface area contributed by atoms with Crippen LogP contribution in [0.4, 0.5) is 4.79 Å². The highest BCUT2D eigenvalue weighted by molar-refractivity contribution is 5.68. The summed E-state index contributed by atoms with van der Waals surface area (Å²) >= 11 is 0. The van der Waals surface area contributed by atoms with Crippen LogP contribution < -0.4 is 5.73 Å². The number of hydrogen-bond donors (Lipinski definition) is 2. The lowest BCUT2D eigenvalue weighted by Gasteiger charge is -2.55. The Bertz CT molecular complexity index is 300. The van der Waals surface area contributed by atoms with Gasteiger partial charge < -0.3 is 10.8 Å². The summed E-state index contributed by atoms with van der Waals surface area (Å²) in [6.07, 6.45) is 2.75. The number of carboxylic acid groups (broad SMARTS) is 1. The molecule has 3 aliphatic carbocycles. The average Bonchev–Trinajstić information content (AvgIpc) is 2.36. The van der Waals surface area contributed by atoms with Crippen LogP contribution in [0.1, 0.15) is 46.5 Å². The summed E-state index contributed by atoms with van der Waals surface area (Å²) in [6, 6.07) is 0. The van der Waals surface area contributed by atoms with Crippen LogP contribution in [0.2, 0.25) is 0 Å². The fourth-order valence-corrected chi connectivity index (χ4v) is 3.57. The first-order chi connectivity index (χ1) is 6.69. The molecule has 0 aromatic heterocycles. The van der Waals surface area contributed by atoms with Gasteiger partial charge in [-0.3, -0.25) is 4.90 Å². The molecule has 0 unspecified atom stereocenters. The number of carbonyl (C=O) groups is 1. The molecule has 3 fully saturated rings. The van der Waals surface area contributed by atoms with Crippen molar-refractivity contribution >= 4 is 6.09 Å². The van der Waals surface area contributed by atoms with Crippen LogP contribution in [0.3, 0.4) is 0 Å². The van der Waals surface area contributed by atoms with E-state index in [0.29, 0.717) is 0 Å². The van der Waals surface area contributed by atoms with Crippen molar-refractivity contribution in [2.75, 3.05) is 0 Å². The Balaban J connectivity index is 2.25. The Morgan fingerprint density at radius 2 is 1.87 bits per heavy atom. The van der Waals surface area contributed by atoms with Crippen LogP contribution in [0.25, 0.3) is 0 Å². The van der Waals surface area contributed by atoms with Crippen molar-refractivity contribution in [2.45, 2.75) is 63.1 Å². The van der Waals surface area contributed by atoms with E-state index in [4.69, 9.17) is 5.73 Å². The maximum Gasteiger partial charge on any atom is 0.408 e. The van der Waals surface area contributed by atoms with Crippen molar-refractivity contribution in [1.82, 2.24) is 4.90 Å². The zero-order chi connectivity index (χ0) is 11.5.